The van der Waals surface area contributed by atoms with E-state index in [1.54, 1.807) is 5.38 Å². The summed E-state index contributed by atoms with van der Waals surface area (Å²) in [7, 11) is 0. The number of rotatable bonds is 6. The fourth-order valence-electron chi connectivity index (χ4n) is 3.70. The van der Waals surface area contributed by atoms with Crippen molar-refractivity contribution >= 4 is 23.2 Å². The molecule has 1 aliphatic rings. The van der Waals surface area contributed by atoms with Gasteiger partial charge in [-0.1, -0.05) is 48.5 Å². The number of thiophene rings is 1. The van der Waals surface area contributed by atoms with Crippen LogP contribution in [0.25, 0.3) is 0 Å². The number of ether oxygens (including phenoxy) is 1. The van der Waals surface area contributed by atoms with Gasteiger partial charge in [0.15, 0.2) is 5.78 Å². The Kier molecular flexibility index (Phi) is 6.13. The number of Topliss-reactive ketones (excluding diaryl/α,β-unsaturated/α-hetero) is 1. The highest BCUT2D eigenvalue weighted by atomic mass is 32.1. The highest BCUT2D eigenvalue weighted by molar-refractivity contribution is 7.12. The Morgan fingerprint density at radius 2 is 1.76 bits per heavy atom. The Balaban J connectivity index is 1.64. The summed E-state index contributed by atoms with van der Waals surface area (Å²) in [5.74, 6) is -2.54. The van der Waals surface area contributed by atoms with Crippen molar-refractivity contribution < 1.29 is 32.6 Å². The Morgan fingerprint density at radius 1 is 1.06 bits per heavy atom. The van der Waals surface area contributed by atoms with E-state index < -0.39 is 35.7 Å². The Labute approximate surface area is 191 Å². The van der Waals surface area contributed by atoms with Crippen molar-refractivity contribution in [2.24, 2.45) is 5.92 Å². The number of nitrogens with one attached hydrogen (secondary N) is 2. The molecule has 6 nitrogen and oxygen atoms in total. The number of ketones is 1. The number of benzene rings is 2. The van der Waals surface area contributed by atoms with E-state index in [2.05, 4.69) is 5.32 Å². The molecule has 1 fully saturated rings. The van der Waals surface area contributed by atoms with Crippen LogP contribution in [0.4, 0.5) is 18.0 Å². The molecule has 2 aromatic carbocycles. The van der Waals surface area contributed by atoms with Crippen molar-refractivity contribution in [3.05, 3.63) is 88.1 Å². The second kappa shape index (κ2) is 8.87. The van der Waals surface area contributed by atoms with E-state index in [0.717, 1.165) is 16.9 Å². The van der Waals surface area contributed by atoms with Gasteiger partial charge in [0.25, 0.3) is 0 Å². The standard InChI is InChI=1S/C23H19F3N2O4S/c24-23(25,26)22(31)18(20(29)17-7-4-12-33-17)19(27-21(30)28-22)15-8-10-16(11-9-15)32-13-14-5-2-1-3-6-14/h1-12,18-19,31H,13H2,(H2,27,28,30)/t18-,19+,22+/m0/s1. The molecular formula is C23H19F3N2O4S. The Bertz CT molecular complexity index is 1120. The van der Waals surface area contributed by atoms with Gasteiger partial charge in [0.1, 0.15) is 18.3 Å². The first-order valence-corrected chi connectivity index (χ1v) is 10.8. The Hall–Kier alpha value is -3.37. The van der Waals surface area contributed by atoms with E-state index in [1.807, 2.05) is 30.3 Å². The van der Waals surface area contributed by atoms with Crippen molar-refractivity contribution in [2.45, 2.75) is 24.6 Å². The van der Waals surface area contributed by atoms with Crippen molar-refractivity contribution in [1.82, 2.24) is 10.6 Å². The molecule has 2 amide bonds. The van der Waals surface area contributed by atoms with Crippen LogP contribution in [0.3, 0.4) is 0 Å². The first-order valence-electron chi connectivity index (χ1n) is 9.91. The summed E-state index contributed by atoms with van der Waals surface area (Å²) in [5, 5.41) is 16.0. The monoisotopic (exact) mass is 476 g/mol. The first-order chi connectivity index (χ1) is 15.7. The van der Waals surface area contributed by atoms with E-state index in [9.17, 15) is 27.9 Å². The molecule has 3 atom stereocenters. The lowest BCUT2D eigenvalue weighted by atomic mass is 9.78. The van der Waals surface area contributed by atoms with Crippen LogP contribution in [-0.4, -0.2) is 28.8 Å². The van der Waals surface area contributed by atoms with Gasteiger partial charge in [0.2, 0.25) is 5.72 Å². The van der Waals surface area contributed by atoms with Crippen molar-refractivity contribution in [3.63, 3.8) is 0 Å². The van der Waals surface area contributed by atoms with Crippen LogP contribution in [0.1, 0.15) is 26.8 Å². The van der Waals surface area contributed by atoms with Gasteiger partial charge in [-0.3, -0.25) is 4.79 Å². The summed E-state index contributed by atoms with van der Waals surface area (Å²) in [5.41, 5.74) is -2.60. The number of urea groups is 1. The maximum absolute atomic E-state index is 13.9. The van der Waals surface area contributed by atoms with Crippen molar-refractivity contribution in [1.29, 1.82) is 0 Å². The third kappa shape index (κ3) is 4.57. The fraction of sp³-hybridized carbons (Fsp3) is 0.217. The molecule has 2 heterocycles. The van der Waals surface area contributed by atoms with Gasteiger partial charge in [0, 0.05) is 0 Å². The average molecular weight is 476 g/mol. The van der Waals surface area contributed by atoms with Gasteiger partial charge in [-0.15, -0.1) is 11.3 Å². The molecule has 4 rings (SSSR count). The number of carbonyl (C=O) groups is 2. The van der Waals surface area contributed by atoms with E-state index in [1.165, 1.54) is 41.7 Å². The molecule has 0 unspecified atom stereocenters. The van der Waals surface area contributed by atoms with Crippen LogP contribution < -0.4 is 15.4 Å². The van der Waals surface area contributed by atoms with Gasteiger partial charge in [-0.25, -0.2) is 4.79 Å². The maximum atomic E-state index is 13.9. The molecule has 3 N–H and O–H groups in total. The third-order valence-corrected chi connectivity index (χ3v) is 6.22. The minimum absolute atomic E-state index is 0.0356. The molecule has 0 saturated carbocycles. The minimum Gasteiger partial charge on any atom is -0.489 e. The van der Waals surface area contributed by atoms with Crippen LogP contribution in [0.5, 0.6) is 5.75 Å². The second-order valence-corrected chi connectivity index (χ2v) is 8.45. The Morgan fingerprint density at radius 3 is 2.36 bits per heavy atom. The van der Waals surface area contributed by atoms with Crippen LogP contribution in [0.15, 0.2) is 72.1 Å². The first kappa shape index (κ1) is 22.8. The number of hydrogen-bond donors (Lipinski definition) is 3. The number of alkyl halides is 3. The van der Waals surface area contributed by atoms with E-state index in [0.29, 0.717) is 5.75 Å². The predicted molar refractivity (Wildman–Crippen MR) is 115 cm³/mol. The van der Waals surface area contributed by atoms with Gasteiger partial charge in [0.05, 0.1) is 10.9 Å². The molecule has 1 saturated heterocycles. The summed E-state index contributed by atoms with van der Waals surface area (Å²) in [6.07, 6.45) is -5.29. The number of hydrogen-bond acceptors (Lipinski definition) is 5. The lowest BCUT2D eigenvalue weighted by Gasteiger charge is -2.44. The number of carbonyl (C=O) groups excluding carboxylic acids is 2. The third-order valence-electron chi connectivity index (χ3n) is 5.34. The topological polar surface area (TPSA) is 87.7 Å². The van der Waals surface area contributed by atoms with Gasteiger partial charge in [-0.05, 0) is 34.7 Å². The zero-order valence-corrected chi connectivity index (χ0v) is 17.8. The van der Waals surface area contributed by atoms with Gasteiger partial charge in [-0.2, -0.15) is 13.2 Å². The highest BCUT2D eigenvalue weighted by Gasteiger charge is 2.66. The molecule has 0 radical (unpaired) electrons. The van der Waals surface area contributed by atoms with E-state index >= 15 is 0 Å². The zero-order chi connectivity index (χ0) is 23.6. The van der Waals surface area contributed by atoms with Crippen molar-refractivity contribution in [3.8, 4) is 5.75 Å². The summed E-state index contributed by atoms with van der Waals surface area (Å²) in [4.78, 5) is 25.2. The summed E-state index contributed by atoms with van der Waals surface area (Å²) in [6, 6.07) is 15.6. The molecule has 33 heavy (non-hydrogen) atoms. The second-order valence-electron chi connectivity index (χ2n) is 7.50. The number of aliphatic hydroxyl groups is 1. The number of halogens is 3. The molecule has 3 aromatic rings. The molecule has 0 spiro atoms. The lowest BCUT2D eigenvalue weighted by Crippen LogP contribution is -2.72. The van der Waals surface area contributed by atoms with Crippen LogP contribution in [0, 0.1) is 5.92 Å². The van der Waals surface area contributed by atoms with Gasteiger partial charge >= 0.3 is 12.2 Å². The van der Waals surface area contributed by atoms with Crippen LogP contribution in [0.2, 0.25) is 0 Å². The summed E-state index contributed by atoms with van der Waals surface area (Å²) in [6.45, 7) is 0.289. The zero-order valence-electron chi connectivity index (χ0n) is 17.0. The van der Waals surface area contributed by atoms with Crippen LogP contribution in [-0.2, 0) is 6.61 Å². The van der Waals surface area contributed by atoms with Gasteiger partial charge < -0.3 is 20.5 Å². The normalized spacial score (nSPS) is 22.8. The highest BCUT2D eigenvalue weighted by Crippen LogP contribution is 2.44. The van der Waals surface area contributed by atoms with E-state index in [4.69, 9.17) is 4.74 Å². The quantitative estimate of drug-likeness (QED) is 0.460. The molecule has 1 aliphatic heterocycles. The van der Waals surface area contributed by atoms with E-state index in [-0.39, 0.29) is 17.0 Å². The van der Waals surface area contributed by atoms with Crippen LogP contribution >= 0.6 is 11.3 Å². The summed E-state index contributed by atoms with van der Waals surface area (Å²) < 4.78 is 47.4. The lowest BCUT2D eigenvalue weighted by molar-refractivity contribution is -0.287. The molecule has 1 aromatic heterocycles. The maximum Gasteiger partial charge on any atom is 0.437 e. The molecule has 10 heteroatoms. The molecule has 172 valence electrons. The minimum atomic E-state index is -5.29. The summed E-state index contributed by atoms with van der Waals surface area (Å²) >= 11 is 0.953. The predicted octanol–water partition coefficient (Wildman–Crippen LogP) is 4.43. The SMILES string of the molecule is O=C1N[C@H](c2ccc(OCc3ccccc3)cc2)[C@@H](C(=O)c2cccs2)[C@@](O)(C(F)(F)F)N1. The fourth-order valence-corrected chi connectivity index (χ4v) is 4.41. The molecule has 0 bridgehead atoms. The average Bonchev–Trinajstić information content (AvgIpc) is 3.32. The molecular weight excluding hydrogens is 457 g/mol. The largest absolute Gasteiger partial charge is 0.489 e. The number of amides is 2. The van der Waals surface area contributed by atoms with Crippen molar-refractivity contribution in [2.75, 3.05) is 0 Å². The smallest absolute Gasteiger partial charge is 0.437 e. The molecule has 0 aliphatic carbocycles.